The first-order valence-electron chi connectivity index (χ1n) is 4.45. The fourth-order valence-corrected chi connectivity index (χ4v) is 1.31. The molecule has 1 aromatic carbocycles. The van der Waals surface area contributed by atoms with Gasteiger partial charge in [-0.15, -0.1) is 0 Å². The lowest BCUT2D eigenvalue weighted by molar-refractivity contribution is 0.0599. The number of hydrogen-bond donors (Lipinski definition) is 0. The smallest absolute Gasteiger partial charge is 0.338 e. The lowest BCUT2D eigenvalue weighted by atomic mass is 10.1. The van der Waals surface area contributed by atoms with Gasteiger partial charge < -0.3 is 14.2 Å². The molecule has 0 unspecified atom stereocenters. The van der Waals surface area contributed by atoms with E-state index in [1.165, 1.54) is 14.2 Å². The van der Waals surface area contributed by atoms with Crippen LogP contribution in [0, 0.1) is 6.92 Å². The number of carbonyl (C=O) groups excluding carboxylic acids is 1. The van der Waals surface area contributed by atoms with Crippen LogP contribution in [0.1, 0.15) is 15.9 Å². The van der Waals surface area contributed by atoms with Crippen LogP contribution in [0.2, 0.25) is 0 Å². The predicted molar refractivity (Wildman–Crippen MR) is 55.6 cm³/mol. The summed E-state index contributed by atoms with van der Waals surface area (Å²) in [6.45, 7) is 1.81. The molecule has 0 saturated heterocycles. The molecule has 0 aliphatic rings. The zero-order valence-corrected chi connectivity index (χ0v) is 9.29. The van der Waals surface area contributed by atoms with E-state index < -0.39 is 0 Å². The molecule has 0 amide bonds. The summed E-state index contributed by atoms with van der Waals surface area (Å²) >= 11 is 0. The Morgan fingerprint density at radius 3 is 2.07 bits per heavy atom. The topological polar surface area (TPSA) is 44.8 Å². The van der Waals surface area contributed by atoms with E-state index in [0.29, 0.717) is 17.1 Å². The molecule has 0 N–H and O–H groups in total. The van der Waals surface area contributed by atoms with E-state index in [2.05, 4.69) is 4.74 Å². The van der Waals surface area contributed by atoms with Crippen molar-refractivity contribution in [2.45, 2.75) is 6.92 Å². The second-order valence-corrected chi connectivity index (χ2v) is 3.01. The number of rotatable bonds is 3. The lowest BCUT2D eigenvalue weighted by Gasteiger charge is -2.11. The van der Waals surface area contributed by atoms with Crippen LogP contribution in [0.4, 0.5) is 0 Å². The van der Waals surface area contributed by atoms with Gasteiger partial charge in [0.1, 0.15) is 0 Å². The number of esters is 1. The minimum atomic E-state index is -0.381. The number of aryl methyl sites for hydroxylation is 1. The lowest BCUT2D eigenvalue weighted by Crippen LogP contribution is -2.05. The SMILES string of the molecule is COC(=O)c1cc(OC)c(OC)cc1C. The molecule has 0 aliphatic heterocycles. The summed E-state index contributed by atoms with van der Waals surface area (Å²) in [5.74, 6) is 0.736. The van der Waals surface area contributed by atoms with Crippen molar-refractivity contribution in [3.8, 4) is 11.5 Å². The molecule has 1 aromatic rings. The minimum Gasteiger partial charge on any atom is -0.493 e. The van der Waals surface area contributed by atoms with Crippen molar-refractivity contribution < 1.29 is 19.0 Å². The van der Waals surface area contributed by atoms with Crippen molar-refractivity contribution in [3.63, 3.8) is 0 Å². The van der Waals surface area contributed by atoms with Crippen LogP contribution in [-0.4, -0.2) is 27.3 Å². The van der Waals surface area contributed by atoms with Crippen LogP contribution < -0.4 is 9.47 Å². The van der Waals surface area contributed by atoms with Crippen molar-refractivity contribution in [2.75, 3.05) is 21.3 Å². The third-order valence-electron chi connectivity index (χ3n) is 2.14. The third kappa shape index (κ3) is 2.21. The number of carbonyl (C=O) groups is 1. The van der Waals surface area contributed by atoms with E-state index in [-0.39, 0.29) is 5.97 Å². The molecule has 0 fully saturated rings. The molecular formula is C11H14O4. The average molecular weight is 210 g/mol. The van der Waals surface area contributed by atoms with Crippen LogP contribution in [0.3, 0.4) is 0 Å². The zero-order valence-electron chi connectivity index (χ0n) is 9.29. The van der Waals surface area contributed by atoms with Gasteiger partial charge in [-0.3, -0.25) is 0 Å². The molecular weight excluding hydrogens is 196 g/mol. The Balaban J connectivity index is 3.25. The van der Waals surface area contributed by atoms with Gasteiger partial charge in [0.15, 0.2) is 11.5 Å². The third-order valence-corrected chi connectivity index (χ3v) is 2.14. The standard InChI is InChI=1S/C11H14O4/c1-7-5-9(13-2)10(14-3)6-8(7)11(12)15-4/h5-6H,1-4H3. The summed E-state index contributed by atoms with van der Waals surface area (Å²) in [4.78, 5) is 11.4. The van der Waals surface area contributed by atoms with Crippen LogP contribution in [0.5, 0.6) is 11.5 Å². The summed E-state index contributed by atoms with van der Waals surface area (Å²) in [5.41, 5.74) is 1.27. The van der Waals surface area contributed by atoms with E-state index in [0.717, 1.165) is 5.56 Å². The molecule has 0 bridgehead atoms. The highest BCUT2D eigenvalue weighted by Crippen LogP contribution is 2.30. The van der Waals surface area contributed by atoms with Gasteiger partial charge in [0.25, 0.3) is 0 Å². The first-order valence-corrected chi connectivity index (χ1v) is 4.45. The first kappa shape index (κ1) is 11.4. The van der Waals surface area contributed by atoms with Gasteiger partial charge >= 0.3 is 5.97 Å². The van der Waals surface area contributed by atoms with Crippen molar-refractivity contribution in [1.82, 2.24) is 0 Å². The second-order valence-electron chi connectivity index (χ2n) is 3.01. The molecule has 0 saturated carbocycles. The Bertz CT molecular complexity index is 371. The van der Waals surface area contributed by atoms with Crippen LogP contribution >= 0.6 is 0 Å². The first-order chi connectivity index (χ1) is 7.13. The summed E-state index contributed by atoms with van der Waals surface area (Å²) in [6, 6.07) is 3.35. The maximum absolute atomic E-state index is 11.4. The molecule has 0 heterocycles. The van der Waals surface area contributed by atoms with E-state index in [1.807, 2.05) is 6.92 Å². The van der Waals surface area contributed by atoms with E-state index >= 15 is 0 Å². The molecule has 0 atom stereocenters. The molecule has 0 spiro atoms. The fraction of sp³-hybridized carbons (Fsp3) is 0.364. The number of methoxy groups -OCH3 is 3. The van der Waals surface area contributed by atoms with Crippen molar-refractivity contribution in [1.29, 1.82) is 0 Å². The van der Waals surface area contributed by atoms with Gasteiger partial charge in [-0.2, -0.15) is 0 Å². The van der Waals surface area contributed by atoms with Gasteiger partial charge in [-0.05, 0) is 24.6 Å². The number of hydrogen-bond acceptors (Lipinski definition) is 4. The molecule has 0 radical (unpaired) electrons. The molecule has 4 heteroatoms. The zero-order chi connectivity index (χ0) is 11.4. The summed E-state index contributed by atoms with van der Waals surface area (Å²) in [6.07, 6.45) is 0. The van der Waals surface area contributed by atoms with Crippen molar-refractivity contribution in [2.24, 2.45) is 0 Å². The highest BCUT2D eigenvalue weighted by Gasteiger charge is 2.14. The minimum absolute atomic E-state index is 0.381. The van der Waals surface area contributed by atoms with Crippen molar-refractivity contribution >= 4 is 5.97 Å². The largest absolute Gasteiger partial charge is 0.493 e. The molecule has 0 aliphatic carbocycles. The Morgan fingerprint density at radius 1 is 1.07 bits per heavy atom. The van der Waals surface area contributed by atoms with Gasteiger partial charge in [0.2, 0.25) is 0 Å². The molecule has 1 rings (SSSR count). The van der Waals surface area contributed by atoms with Crippen LogP contribution in [0.15, 0.2) is 12.1 Å². The summed E-state index contributed by atoms with van der Waals surface area (Å²) in [7, 11) is 4.42. The normalized spacial score (nSPS) is 9.60. The van der Waals surface area contributed by atoms with Crippen LogP contribution in [-0.2, 0) is 4.74 Å². The Morgan fingerprint density at radius 2 is 1.60 bits per heavy atom. The Kier molecular flexibility index (Phi) is 3.55. The van der Waals surface area contributed by atoms with Gasteiger partial charge in [-0.1, -0.05) is 0 Å². The Hall–Kier alpha value is -1.71. The van der Waals surface area contributed by atoms with E-state index in [1.54, 1.807) is 19.2 Å². The number of benzene rings is 1. The van der Waals surface area contributed by atoms with Gasteiger partial charge in [0, 0.05) is 0 Å². The average Bonchev–Trinajstić information content (AvgIpc) is 2.27. The van der Waals surface area contributed by atoms with E-state index in [9.17, 15) is 4.79 Å². The van der Waals surface area contributed by atoms with Gasteiger partial charge in [-0.25, -0.2) is 4.79 Å². The predicted octanol–water partition coefficient (Wildman–Crippen LogP) is 1.80. The van der Waals surface area contributed by atoms with Gasteiger partial charge in [0.05, 0.1) is 26.9 Å². The Labute approximate surface area is 88.8 Å². The maximum atomic E-state index is 11.4. The van der Waals surface area contributed by atoms with E-state index in [4.69, 9.17) is 9.47 Å². The quantitative estimate of drug-likeness (QED) is 0.713. The summed E-state index contributed by atoms with van der Waals surface area (Å²) < 4.78 is 14.9. The highest BCUT2D eigenvalue weighted by atomic mass is 16.5. The number of ether oxygens (including phenoxy) is 3. The second kappa shape index (κ2) is 4.68. The fourth-order valence-electron chi connectivity index (χ4n) is 1.31. The molecule has 0 aromatic heterocycles. The molecule has 82 valence electrons. The van der Waals surface area contributed by atoms with Crippen molar-refractivity contribution in [3.05, 3.63) is 23.3 Å². The summed E-state index contributed by atoms with van der Waals surface area (Å²) in [5, 5.41) is 0. The molecule has 4 nitrogen and oxygen atoms in total. The van der Waals surface area contributed by atoms with Crippen LogP contribution in [0.25, 0.3) is 0 Å². The maximum Gasteiger partial charge on any atom is 0.338 e. The monoisotopic (exact) mass is 210 g/mol. The highest BCUT2D eigenvalue weighted by molar-refractivity contribution is 5.91. The molecule has 15 heavy (non-hydrogen) atoms.